The molecule has 3 aromatic carbocycles. The molecule has 2 heterocycles. The second-order valence-corrected chi connectivity index (χ2v) is 26.6. The van der Waals surface area contributed by atoms with Crippen LogP contribution in [0.25, 0.3) is 0 Å². The highest BCUT2D eigenvalue weighted by Crippen LogP contribution is 2.47. The Balaban J connectivity index is 1.26. The molecule has 3 aromatic rings. The molecule has 0 saturated carbocycles. The number of urea groups is 1. The van der Waals surface area contributed by atoms with E-state index in [0.29, 0.717) is 60.9 Å². The number of benzene rings is 3. The number of fused-ring (bicyclic) bond motifs is 1. The van der Waals surface area contributed by atoms with Gasteiger partial charge in [0.25, 0.3) is 0 Å². The summed E-state index contributed by atoms with van der Waals surface area (Å²) >= 11 is 1.82. The first kappa shape index (κ1) is 76.4. The predicted octanol–water partition coefficient (Wildman–Crippen LogP) is 1.75. The van der Waals surface area contributed by atoms with Gasteiger partial charge in [0.15, 0.2) is 5.78 Å². The Kier molecular flexibility index (Phi) is 29.6. The number of thioether (sulfide) groups is 1. The quantitative estimate of drug-likeness (QED) is 0.0219. The van der Waals surface area contributed by atoms with Crippen molar-refractivity contribution in [2.45, 2.75) is 203 Å². The molecule has 2 fully saturated rings. The van der Waals surface area contributed by atoms with Gasteiger partial charge in [0, 0.05) is 54.4 Å². The van der Waals surface area contributed by atoms with Gasteiger partial charge in [-0.05, 0) is 82.8 Å². The number of unbranched alkanes of at least 4 members (excludes halogenated alkanes) is 2. The Morgan fingerprint density at radius 2 is 1.12 bits per heavy atom. The van der Waals surface area contributed by atoms with Crippen LogP contribution >= 0.6 is 11.8 Å². The molecule has 13 atom stereocenters. The van der Waals surface area contributed by atoms with Crippen molar-refractivity contribution < 1.29 is 72.9 Å². The molecule has 26 nitrogen and oxygen atoms in total. The fraction of sp³-hybridized carbons (Fsp3) is 0.552. The van der Waals surface area contributed by atoms with Gasteiger partial charge in [0.05, 0.1) is 36.3 Å². The first-order valence-corrected chi connectivity index (χ1v) is 33.2. The van der Waals surface area contributed by atoms with E-state index in [2.05, 4.69) is 60.1 Å². The summed E-state index contributed by atoms with van der Waals surface area (Å²) < 4.78 is 0. The van der Waals surface area contributed by atoms with Crippen LogP contribution in [0.2, 0.25) is 0 Å². The molecule has 0 radical (unpaired) electrons. The zero-order valence-electron chi connectivity index (χ0n) is 54.8. The van der Waals surface area contributed by atoms with E-state index in [1.165, 1.54) is 26.0 Å². The maximum absolute atomic E-state index is 14.8. The summed E-state index contributed by atoms with van der Waals surface area (Å²) in [6.07, 6.45) is -0.279. The largest absolute Gasteiger partial charge is 0.480 e. The monoisotopic (exact) mass is 1330 g/mol. The molecular weight excluding hydrogens is 1230 g/mol. The van der Waals surface area contributed by atoms with Crippen molar-refractivity contribution in [1.29, 1.82) is 0 Å². The molecule has 0 unspecified atom stereocenters. The predicted molar refractivity (Wildman–Crippen MR) is 352 cm³/mol. The van der Waals surface area contributed by atoms with Crippen LogP contribution in [-0.4, -0.2) is 176 Å². The van der Waals surface area contributed by atoms with Crippen molar-refractivity contribution in [3.63, 3.8) is 0 Å². The zero-order chi connectivity index (χ0) is 69.5. The molecule has 2 aliphatic heterocycles. The Hall–Kier alpha value is -8.27. The molecule has 27 heteroatoms. The highest BCUT2D eigenvalue weighted by molar-refractivity contribution is 8.00. The van der Waals surface area contributed by atoms with E-state index in [-0.39, 0.29) is 78.0 Å². The van der Waals surface area contributed by atoms with E-state index >= 15 is 0 Å². The molecule has 0 aliphatic carbocycles. The summed E-state index contributed by atoms with van der Waals surface area (Å²) in [5.74, 6) is -9.01. The Morgan fingerprint density at radius 3 is 1.69 bits per heavy atom. The van der Waals surface area contributed by atoms with E-state index in [9.17, 15) is 72.9 Å². The summed E-state index contributed by atoms with van der Waals surface area (Å²) in [7, 11) is 0. The maximum atomic E-state index is 14.8. The third kappa shape index (κ3) is 22.7. The number of hydrogen-bond acceptors (Lipinski definition) is 16. The van der Waals surface area contributed by atoms with Crippen LogP contribution in [0, 0.1) is 11.8 Å². The van der Waals surface area contributed by atoms with Crippen LogP contribution in [0.5, 0.6) is 0 Å². The third-order valence-electron chi connectivity index (χ3n) is 17.2. The number of carboxylic acid groups (broad SMARTS) is 1. The molecule has 10 amide bonds. The van der Waals surface area contributed by atoms with Crippen LogP contribution in [-0.2, 0) is 60.8 Å². The average Bonchev–Trinajstić information content (AvgIpc) is 1.58. The van der Waals surface area contributed by atoms with E-state index in [1.807, 2.05) is 18.7 Å². The average molecular weight is 1330 g/mol. The number of rotatable bonds is 40. The lowest BCUT2D eigenvalue weighted by atomic mass is 9.79. The minimum Gasteiger partial charge on any atom is -0.480 e. The van der Waals surface area contributed by atoms with Crippen molar-refractivity contribution in [3.8, 4) is 0 Å². The van der Waals surface area contributed by atoms with Crippen LogP contribution in [0.1, 0.15) is 147 Å². The lowest BCUT2D eigenvalue weighted by Gasteiger charge is -2.35. The van der Waals surface area contributed by atoms with Gasteiger partial charge in [-0.3, -0.25) is 53.3 Å². The number of amides is 10. The number of ketones is 2. The lowest BCUT2D eigenvalue weighted by Crippen LogP contribution is -2.63. The minimum absolute atomic E-state index is 0.00528. The summed E-state index contributed by atoms with van der Waals surface area (Å²) in [4.78, 5) is 161. The van der Waals surface area contributed by atoms with Crippen LogP contribution < -0.4 is 58.9 Å². The lowest BCUT2D eigenvalue weighted by molar-refractivity contribution is -0.143. The van der Waals surface area contributed by atoms with Crippen LogP contribution in [0.4, 0.5) is 4.79 Å². The molecule has 5 rings (SSSR count). The Labute approximate surface area is 553 Å². The number of carbonyl (C=O) groups is 12. The summed E-state index contributed by atoms with van der Waals surface area (Å²) in [6, 6.07) is 11.9. The molecule has 0 aromatic heterocycles. The van der Waals surface area contributed by atoms with Crippen molar-refractivity contribution in [3.05, 3.63) is 107 Å². The number of primary amides is 1. The minimum atomic E-state index is -1.81. The summed E-state index contributed by atoms with van der Waals surface area (Å²) in [6.45, 7) is 13.5. The van der Waals surface area contributed by atoms with Gasteiger partial charge >= 0.3 is 12.0 Å². The van der Waals surface area contributed by atoms with Crippen molar-refractivity contribution in [1.82, 2.24) is 53.2 Å². The maximum Gasteiger partial charge on any atom is 0.326 e. The number of carbonyl (C=O) groups excluding carboxylic acids is 11. The van der Waals surface area contributed by atoms with Crippen molar-refractivity contribution >= 4 is 82.6 Å². The zero-order valence-corrected chi connectivity index (χ0v) is 55.7. The molecular formula is C67H95N11O15S. The van der Waals surface area contributed by atoms with Crippen LogP contribution in [0.3, 0.4) is 0 Å². The van der Waals surface area contributed by atoms with Gasteiger partial charge < -0.3 is 68.9 Å². The Bertz CT molecular complexity index is 3120. The molecule has 0 bridgehead atoms. The fourth-order valence-corrected chi connectivity index (χ4v) is 13.1. The number of aliphatic carboxylic acids is 1. The van der Waals surface area contributed by atoms with E-state index < -0.39 is 114 Å². The standard InChI is InChI=1S/C67H95N11O15S/c1-9-39(4)54(75-62(89)55(40(5)79)70-36-46(81)24-18-19-31-69-53(83)26-17-16-25-51-67(8)66(7,37-94-51)77-65(93)78-67)61(88)76-56(41(6)80)63(90)73-48(34-43-27-29-45(30-28-43)57(84)44-22-14-11-15-23-44)59(86)71-47(33-42-20-12-10-13-21-42)58(85)72-49(35-52(68)82)60(87)74-50(64(91)92)32-38(2)3/h10-15,20-23,27-30,38-41,47-51,54-56,70,79-80H,9,16-19,24-26,31-37H2,1-8H3,(H2,68,82)(H,69,83)(H,71,86)(H,72,85)(H,73,90)(H,74,87)(H,75,89)(H,76,88)(H,91,92)(H2,77,78,93)/t39-,40+,41+,47-,48-,49-,50-,51-,54-,55-,56-,66-,67+/m0/s1. The second-order valence-electron chi connectivity index (χ2n) is 25.4. The number of hydrogen-bond donors (Lipinski definition) is 14. The number of nitrogens with one attached hydrogen (secondary N) is 10. The van der Waals surface area contributed by atoms with Gasteiger partial charge in [-0.15, -0.1) is 0 Å². The molecule has 15 N–H and O–H groups in total. The highest BCUT2D eigenvalue weighted by Gasteiger charge is 2.60. The number of aliphatic hydroxyl groups excluding tert-OH is 2. The normalized spacial score (nSPS) is 19.7. The summed E-state index contributed by atoms with van der Waals surface area (Å²) in [5, 5.41) is 59.0. The second kappa shape index (κ2) is 36.4. The van der Waals surface area contributed by atoms with Gasteiger partial charge in [-0.2, -0.15) is 11.8 Å². The smallest absolute Gasteiger partial charge is 0.326 e. The summed E-state index contributed by atoms with van der Waals surface area (Å²) in [5.41, 5.74) is 6.41. The van der Waals surface area contributed by atoms with Gasteiger partial charge in [0.2, 0.25) is 47.3 Å². The van der Waals surface area contributed by atoms with E-state index in [4.69, 9.17) is 5.73 Å². The third-order valence-corrected chi connectivity index (χ3v) is 19.0. The number of aliphatic hydroxyl groups is 2. The van der Waals surface area contributed by atoms with Crippen molar-refractivity contribution in [2.75, 3.05) is 18.8 Å². The number of carboxylic acids is 1. The first-order valence-electron chi connectivity index (χ1n) is 32.1. The molecule has 2 aliphatic rings. The fourth-order valence-electron chi connectivity index (χ4n) is 11.2. The van der Waals surface area contributed by atoms with E-state index in [0.717, 1.165) is 18.6 Å². The number of Topliss-reactive ketones (excluding diaryl/α,β-unsaturated/α-hetero) is 1. The number of nitrogens with two attached hydrogens (primary N) is 1. The first-order chi connectivity index (χ1) is 44.4. The topological polar surface area (TPSA) is 412 Å². The molecule has 514 valence electrons. The van der Waals surface area contributed by atoms with Gasteiger partial charge in [-0.25, -0.2) is 9.59 Å². The molecule has 2 saturated heterocycles. The van der Waals surface area contributed by atoms with Crippen LogP contribution in [0.15, 0.2) is 84.9 Å². The SMILES string of the molecule is CC[C@H](C)[C@H](NC(=O)[C@@H](NCC(=O)CCCCNC(=O)CCCC[C@@H]1SC[C@]2(C)NC(=O)N[C@]12C)[C@@H](C)O)C(=O)N[C@H](C(=O)N[C@@H](Cc1ccc(C(=O)c2ccccc2)cc1)C(=O)N[C@@H](Cc1ccccc1)C(=O)N[C@@H](CC(N)=O)C(=O)N[C@@H](CC(C)C)C(=O)O)[C@@H](C)O. The van der Waals surface area contributed by atoms with Crippen molar-refractivity contribution in [2.24, 2.45) is 17.6 Å². The highest BCUT2D eigenvalue weighted by atomic mass is 32.2. The van der Waals surface area contributed by atoms with Gasteiger partial charge in [0.1, 0.15) is 48.1 Å². The Morgan fingerprint density at radius 1 is 0.606 bits per heavy atom. The molecule has 0 spiro atoms. The van der Waals surface area contributed by atoms with Gasteiger partial charge in [-0.1, -0.05) is 125 Å². The molecule has 94 heavy (non-hydrogen) atoms. The van der Waals surface area contributed by atoms with E-state index in [1.54, 1.807) is 100 Å².